The van der Waals surface area contributed by atoms with Crippen LogP contribution in [0.5, 0.6) is 0 Å². The van der Waals surface area contributed by atoms with Crippen molar-refractivity contribution in [2.24, 2.45) is 0 Å². The molecule has 9 nitrogen and oxygen atoms in total. The van der Waals surface area contributed by atoms with Gasteiger partial charge in [0.2, 0.25) is 0 Å². The van der Waals surface area contributed by atoms with Gasteiger partial charge in [-0.15, -0.1) is 0 Å². The second-order valence-electron chi connectivity index (χ2n) is 0.448. The van der Waals surface area contributed by atoms with Gasteiger partial charge in [0.05, 0.1) is 0 Å². The van der Waals surface area contributed by atoms with Crippen LogP contribution < -0.4 is 0 Å². The molecule has 11 heteroatoms. The van der Waals surface area contributed by atoms with Gasteiger partial charge in [0, 0.05) is 16.5 Å². The molecule has 0 atom stereocenters. The Morgan fingerprint density at radius 2 is 0.727 bits per heavy atom. The molecule has 0 radical (unpaired) electrons. The molecule has 0 amide bonds. The van der Waals surface area contributed by atoms with Gasteiger partial charge in [-0.3, -0.25) is 9.11 Å². The van der Waals surface area contributed by atoms with Crippen LogP contribution in [-0.4, -0.2) is 44.9 Å². The molecule has 0 aromatic rings. The quantitative estimate of drug-likeness (QED) is 0.316. The first-order valence-electron chi connectivity index (χ1n) is 0.698. The Morgan fingerprint density at radius 1 is 0.727 bits per heavy atom. The van der Waals surface area contributed by atoms with Crippen LogP contribution >= 0.6 is 0 Å². The van der Waals surface area contributed by atoms with Crippen molar-refractivity contribution in [2.45, 2.75) is 0 Å². The normalized spacial score (nSPS) is 5.27. The van der Waals surface area contributed by atoms with Crippen molar-refractivity contribution >= 4 is 10.4 Å². The molecule has 0 heterocycles. The molecule has 0 rings (SSSR count). The predicted octanol–water partition coefficient (Wildman–Crippen LogP) is -4.78. The predicted molar refractivity (Wildman–Crippen MR) is 32.2 cm³/mol. The van der Waals surface area contributed by atoms with Gasteiger partial charge in [0.25, 0.3) is 0 Å². The van der Waals surface area contributed by atoms with E-state index >= 15 is 0 Å². The topological polar surface area (TPSA) is 232 Å². The number of rotatable bonds is 0. The van der Waals surface area contributed by atoms with Crippen molar-refractivity contribution in [3.8, 4) is 0 Å². The SMILES string of the molecule is O.O.O.O.O.O=S(=O)(O)O.[Ni]. The third-order valence-corrected chi connectivity index (χ3v) is 0. The Bertz CT molecular complexity index is 92.7. The summed E-state index contributed by atoms with van der Waals surface area (Å²) in [5.41, 5.74) is 0. The second kappa shape index (κ2) is 22.5. The Kier molecular flexibility index (Phi) is 136. The van der Waals surface area contributed by atoms with E-state index in [0.29, 0.717) is 0 Å². The van der Waals surface area contributed by atoms with Crippen LogP contribution in [-0.2, 0) is 26.9 Å². The van der Waals surface area contributed by atoms with Gasteiger partial charge in [-0.05, 0) is 0 Å². The summed E-state index contributed by atoms with van der Waals surface area (Å²) in [4.78, 5) is 0. The van der Waals surface area contributed by atoms with Crippen molar-refractivity contribution in [3.05, 3.63) is 0 Å². The smallest absolute Gasteiger partial charge is 0.394 e. The van der Waals surface area contributed by atoms with Crippen molar-refractivity contribution < 1.29 is 61.4 Å². The van der Waals surface area contributed by atoms with E-state index in [1.807, 2.05) is 0 Å². The van der Waals surface area contributed by atoms with Crippen molar-refractivity contribution in [3.63, 3.8) is 0 Å². The molecule has 0 aliphatic carbocycles. The Hall–Kier alpha value is 0.164. The van der Waals surface area contributed by atoms with Crippen LogP contribution in [0, 0.1) is 0 Å². The maximum atomic E-state index is 8.74. The molecule has 0 fully saturated rings. The zero-order chi connectivity index (χ0) is 4.50. The molecule has 0 unspecified atom stereocenters. The molecule has 0 saturated carbocycles. The summed E-state index contributed by atoms with van der Waals surface area (Å²) < 4.78 is 31.6. The maximum absolute atomic E-state index is 8.74. The van der Waals surface area contributed by atoms with Crippen LogP contribution in [0.4, 0.5) is 0 Å². The van der Waals surface area contributed by atoms with Gasteiger partial charge in [0.15, 0.2) is 0 Å². The van der Waals surface area contributed by atoms with Crippen LogP contribution in [0.3, 0.4) is 0 Å². The van der Waals surface area contributed by atoms with E-state index in [1.165, 1.54) is 0 Å². The summed E-state index contributed by atoms with van der Waals surface area (Å²) in [6.45, 7) is 0. The van der Waals surface area contributed by atoms with Crippen LogP contribution in [0.15, 0.2) is 0 Å². The zero-order valence-electron chi connectivity index (χ0n) is 4.94. The van der Waals surface area contributed by atoms with Gasteiger partial charge in [-0.25, -0.2) is 0 Å². The summed E-state index contributed by atoms with van der Waals surface area (Å²) in [7, 11) is -4.67. The molecule has 11 heavy (non-hydrogen) atoms. The fourth-order valence-corrected chi connectivity index (χ4v) is 0. The van der Waals surface area contributed by atoms with E-state index in [4.69, 9.17) is 17.5 Å². The standard InChI is InChI=1S/Ni.H2O4S.5H2O/c;1-5(2,3)4;;;;;/h;(H2,1,2,3,4);5*1H2. The Balaban J connectivity index is -0.00000000533. The van der Waals surface area contributed by atoms with E-state index in [9.17, 15) is 0 Å². The van der Waals surface area contributed by atoms with Gasteiger partial charge in [0.1, 0.15) is 0 Å². The minimum Gasteiger partial charge on any atom is -0.412 e. The summed E-state index contributed by atoms with van der Waals surface area (Å²) in [5.74, 6) is 0. The van der Waals surface area contributed by atoms with Gasteiger partial charge < -0.3 is 27.4 Å². The molecular formula is H12NiO9S. The monoisotopic (exact) mass is 246 g/mol. The minimum absolute atomic E-state index is 0. The summed E-state index contributed by atoms with van der Waals surface area (Å²) in [6.07, 6.45) is 0. The molecule has 0 aromatic heterocycles. The van der Waals surface area contributed by atoms with E-state index in [2.05, 4.69) is 0 Å². The van der Waals surface area contributed by atoms with Crippen LogP contribution in [0.1, 0.15) is 0 Å². The molecule has 0 saturated heterocycles. The molecule has 0 aliphatic heterocycles. The third kappa shape index (κ3) is 25300. The zero-order valence-corrected chi connectivity index (χ0v) is 6.74. The summed E-state index contributed by atoms with van der Waals surface area (Å²) >= 11 is 0. The number of hydrogen-bond acceptors (Lipinski definition) is 2. The summed E-state index contributed by atoms with van der Waals surface area (Å²) in [6, 6.07) is 0. The average molecular weight is 247 g/mol. The molecule has 0 bridgehead atoms. The van der Waals surface area contributed by atoms with Gasteiger partial charge in [-0.2, -0.15) is 8.42 Å². The van der Waals surface area contributed by atoms with Gasteiger partial charge >= 0.3 is 10.4 Å². The van der Waals surface area contributed by atoms with Crippen molar-refractivity contribution in [1.29, 1.82) is 0 Å². The molecule has 0 spiro atoms. The molecular weight excluding hydrogens is 235 g/mol. The van der Waals surface area contributed by atoms with Gasteiger partial charge in [-0.1, -0.05) is 0 Å². The van der Waals surface area contributed by atoms with E-state index < -0.39 is 10.4 Å². The fraction of sp³-hybridized carbons (Fsp3) is 0. The second-order valence-corrected chi connectivity index (χ2v) is 1.34. The van der Waals surface area contributed by atoms with E-state index in [0.717, 1.165) is 0 Å². The maximum Gasteiger partial charge on any atom is 0.394 e. The minimum atomic E-state index is -4.67. The Morgan fingerprint density at radius 3 is 0.727 bits per heavy atom. The first kappa shape index (κ1) is 66.5. The molecule has 0 aromatic carbocycles. The van der Waals surface area contributed by atoms with Crippen molar-refractivity contribution in [2.75, 3.05) is 0 Å². The first-order valence-corrected chi connectivity index (χ1v) is 2.10. The van der Waals surface area contributed by atoms with Crippen LogP contribution in [0.25, 0.3) is 0 Å². The van der Waals surface area contributed by atoms with Crippen molar-refractivity contribution in [1.82, 2.24) is 0 Å². The molecule has 0 aliphatic rings. The third-order valence-electron chi connectivity index (χ3n) is 0. The fourth-order valence-electron chi connectivity index (χ4n) is 0. The van der Waals surface area contributed by atoms with E-state index in [-0.39, 0.29) is 43.9 Å². The largest absolute Gasteiger partial charge is 0.412 e. The molecule has 12 N–H and O–H groups in total. The Labute approximate surface area is 72.5 Å². The number of hydrogen-bond donors (Lipinski definition) is 2. The average Bonchev–Trinajstić information content (AvgIpc) is 0.722. The molecule has 82 valence electrons. The summed E-state index contributed by atoms with van der Waals surface area (Å²) in [5, 5.41) is 0. The van der Waals surface area contributed by atoms with E-state index in [1.54, 1.807) is 0 Å². The first-order chi connectivity index (χ1) is 2.00. The van der Waals surface area contributed by atoms with Crippen LogP contribution in [0.2, 0.25) is 0 Å².